The Hall–Kier alpha value is -3.56. The van der Waals surface area contributed by atoms with Gasteiger partial charge in [-0.15, -0.1) is 0 Å². The van der Waals surface area contributed by atoms with E-state index >= 15 is 0 Å². The van der Waals surface area contributed by atoms with E-state index in [1.807, 2.05) is 63.2 Å². The first kappa shape index (κ1) is 27.5. The Kier molecular flexibility index (Phi) is 8.58. The molecule has 1 aliphatic rings. The van der Waals surface area contributed by atoms with Crippen LogP contribution in [0.4, 0.5) is 10.5 Å². The normalized spacial score (nSPS) is 14.2. The molecule has 1 aliphatic heterocycles. The van der Waals surface area contributed by atoms with Crippen molar-refractivity contribution in [2.75, 3.05) is 19.0 Å². The minimum absolute atomic E-state index is 0.220. The molecule has 0 spiro atoms. The molecule has 0 bridgehead atoms. The van der Waals surface area contributed by atoms with Crippen LogP contribution in [0.1, 0.15) is 27.8 Å². The van der Waals surface area contributed by atoms with Gasteiger partial charge in [0.2, 0.25) is 5.91 Å². The number of carbonyl (C=O) groups excluding carboxylic acids is 3. The lowest BCUT2D eigenvalue weighted by Gasteiger charge is -2.16. The molecule has 0 aliphatic carbocycles. The zero-order valence-electron chi connectivity index (χ0n) is 21.5. The van der Waals surface area contributed by atoms with E-state index in [-0.39, 0.29) is 11.4 Å². The lowest BCUT2D eigenvalue weighted by atomic mass is 10.1. The van der Waals surface area contributed by atoms with Crippen molar-refractivity contribution < 1.29 is 23.9 Å². The summed E-state index contributed by atoms with van der Waals surface area (Å²) >= 11 is 4.32. The van der Waals surface area contributed by atoms with Crippen molar-refractivity contribution in [3.63, 3.8) is 0 Å². The lowest BCUT2D eigenvalue weighted by Crippen LogP contribution is -2.36. The van der Waals surface area contributed by atoms with Crippen molar-refractivity contribution >= 4 is 56.5 Å². The number of aryl methyl sites for hydroxylation is 3. The molecule has 3 aromatic carbocycles. The lowest BCUT2D eigenvalue weighted by molar-refractivity contribution is -0.127. The summed E-state index contributed by atoms with van der Waals surface area (Å²) in [6.07, 6.45) is 1.60. The first-order chi connectivity index (χ1) is 18.2. The zero-order valence-corrected chi connectivity index (χ0v) is 23.9. The summed E-state index contributed by atoms with van der Waals surface area (Å²) in [6, 6.07) is 17.2. The van der Waals surface area contributed by atoms with Crippen molar-refractivity contribution in [2.45, 2.75) is 27.4 Å². The molecule has 9 heteroatoms. The third kappa shape index (κ3) is 6.28. The van der Waals surface area contributed by atoms with Gasteiger partial charge in [-0.05, 0) is 88.9 Å². The number of benzene rings is 3. The summed E-state index contributed by atoms with van der Waals surface area (Å²) in [5.41, 5.74) is 5.27. The second-order valence-corrected chi connectivity index (χ2v) is 10.7. The summed E-state index contributed by atoms with van der Waals surface area (Å²) < 4.78 is 12.1. The molecule has 1 fully saturated rings. The molecule has 1 heterocycles. The van der Waals surface area contributed by atoms with E-state index < -0.39 is 17.1 Å². The van der Waals surface area contributed by atoms with Crippen molar-refractivity contribution in [3.05, 3.63) is 91.8 Å². The highest BCUT2D eigenvalue weighted by Gasteiger charge is 2.36. The quantitative estimate of drug-likeness (QED) is 0.294. The summed E-state index contributed by atoms with van der Waals surface area (Å²) in [5, 5.41) is 2.34. The smallest absolute Gasteiger partial charge is 0.294 e. The fourth-order valence-corrected chi connectivity index (χ4v) is 5.59. The van der Waals surface area contributed by atoms with E-state index in [0.717, 1.165) is 38.9 Å². The number of halogens is 1. The summed E-state index contributed by atoms with van der Waals surface area (Å²) in [5.74, 6) is 0.0453. The Labute approximate surface area is 234 Å². The average molecular weight is 596 g/mol. The van der Waals surface area contributed by atoms with Gasteiger partial charge in [-0.1, -0.05) is 48.0 Å². The molecule has 0 aromatic heterocycles. The van der Waals surface area contributed by atoms with Crippen LogP contribution in [0.15, 0.2) is 64.0 Å². The predicted molar refractivity (Wildman–Crippen MR) is 153 cm³/mol. The standard InChI is InChI=1S/C29H27BrN2O5S/c1-17-10-18(2)26(19(3)11-17)31-25(33)15-32-28(34)24(38-29(32)35)14-21-12-22(30)27(23(13-21)36-4)37-16-20-8-6-5-7-9-20/h5-14H,15-16H2,1-4H3,(H,31,33)/b24-14+. The first-order valence-corrected chi connectivity index (χ1v) is 13.4. The number of nitrogens with one attached hydrogen (secondary N) is 1. The highest BCUT2D eigenvalue weighted by atomic mass is 79.9. The maximum Gasteiger partial charge on any atom is 0.294 e. The number of thioether (sulfide) groups is 1. The van der Waals surface area contributed by atoms with Crippen molar-refractivity contribution in [3.8, 4) is 11.5 Å². The number of ether oxygens (including phenoxy) is 2. The van der Waals surface area contributed by atoms with Gasteiger partial charge >= 0.3 is 0 Å². The van der Waals surface area contributed by atoms with Crippen LogP contribution in [-0.2, 0) is 16.2 Å². The van der Waals surface area contributed by atoms with Crippen LogP contribution in [0.3, 0.4) is 0 Å². The Balaban J connectivity index is 1.48. The number of hydrogen-bond donors (Lipinski definition) is 1. The Bertz CT molecular complexity index is 1420. The van der Waals surface area contributed by atoms with E-state index in [1.165, 1.54) is 7.11 Å². The summed E-state index contributed by atoms with van der Waals surface area (Å²) in [7, 11) is 1.53. The van der Waals surface area contributed by atoms with Gasteiger partial charge in [-0.2, -0.15) is 0 Å². The number of imide groups is 1. The molecule has 0 atom stereocenters. The summed E-state index contributed by atoms with van der Waals surface area (Å²) in [4.78, 5) is 39.5. The monoisotopic (exact) mass is 594 g/mol. The molecule has 0 unspecified atom stereocenters. The minimum atomic E-state index is -0.521. The highest BCUT2D eigenvalue weighted by Crippen LogP contribution is 2.39. The van der Waals surface area contributed by atoms with Crippen molar-refractivity contribution in [2.24, 2.45) is 0 Å². The zero-order chi connectivity index (χ0) is 27.4. The molecule has 196 valence electrons. The van der Waals surface area contributed by atoms with E-state index in [0.29, 0.717) is 33.8 Å². The number of carbonyl (C=O) groups is 3. The largest absolute Gasteiger partial charge is 0.493 e. The molecular formula is C29H27BrN2O5S. The second-order valence-electron chi connectivity index (χ2n) is 8.90. The van der Waals surface area contributed by atoms with Crippen molar-refractivity contribution in [1.29, 1.82) is 0 Å². The fraction of sp³-hybridized carbons (Fsp3) is 0.207. The fourth-order valence-electron chi connectivity index (χ4n) is 4.18. The van der Waals surface area contributed by atoms with Crippen LogP contribution < -0.4 is 14.8 Å². The van der Waals surface area contributed by atoms with Gasteiger partial charge in [0.05, 0.1) is 16.5 Å². The van der Waals surface area contributed by atoms with Crippen LogP contribution in [-0.4, -0.2) is 35.6 Å². The van der Waals surface area contributed by atoms with E-state index in [2.05, 4.69) is 21.2 Å². The maximum absolute atomic E-state index is 13.0. The Morgan fingerprint density at radius 3 is 2.39 bits per heavy atom. The molecule has 1 N–H and O–H groups in total. The average Bonchev–Trinajstić information content (AvgIpc) is 3.13. The number of nitrogens with zero attached hydrogens (tertiary/aromatic N) is 1. The van der Waals surface area contributed by atoms with Crippen LogP contribution in [0.25, 0.3) is 6.08 Å². The molecule has 38 heavy (non-hydrogen) atoms. The van der Waals surface area contributed by atoms with Gasteiger partial charge in [-0.25, -0.2) is 0 Å². The van der Waals surface area contributed by atoms with Gasteiger partial charge in [0.15, 0.2) is 11.5 Å². The third-order valence-corrected chi connectivity index (χ3v) is 7.39. The van der Waals surface area contributed by atoms with Gasteiger partial charge in [0, 0.05) is 5.69 Å². The maximum atomic E-state index is 13.0. The third-order valence-electron chi connectivity index (χ3n) is 5.89. The molecule has 4 rings (SSSR count). The number of hydrogen-bond acceptors (Lipinski definition) is 6. The number of methoxy groups -OCH3 is 1. The van der Waals surface area contributed by atoms with Crippen molar-refractivity contribution in [1.82, 2.24) is 4.90 Å². The molecule has 7 nitrogen and oxygen atoms in total. The number of rotatable bonds is 8. The molecular weight excluding hydrogens is 568 g/mol. The Morgan fingerprint density at radius 1 is 1.05 bits per heavy atom. The van der Waals surface area contributed by atoms with E-state index in [1.54, 1.807) is 18.2 Å². The van der Waals surface area contributed by atoms with Crippen LogP contribution in [0, 0.1) is 20.8 Å². The van der Waals surface area contributed by atoms with Gasteiger partial charge in [-0.3, -0.25) is 19.3 Å². The van der Waals surface area contributed by atoms with Gasteiger partial charge in [0.1, 0.15) is 13.2 Å². The van der Waals surface area contributed by atoms with Crippen LogP contribution in [0.2, 0.25) is 0 Å². The number of anilines is 1. The SMILES string of the molecule is COc1cc(/C=C2/SC(=O)N(CC(=O)Nc3c(C)cc(C)cc3C)C2=O)cc(Br)c1OCc1ccccc1. The topological polar surface area (TPSA) is 84.9 Å². The van der Waals surface area contributed by atoms with E-state index in [9.17, 15) is 14.4 Å². The molecule has 3 aromatic rings. The van der Waals surface area contributed by atoms with Gasteiger partial charge < -0.3 is 14.8 Å². The molecule has 1 saturated heterocycles. The first-order valence-electron chi connectivity index (χ1n) is 11.8. The minimum Gasteiger partial charge on any atom is -0.493 e. The molecule has 0 radical (unpaired) electrons. The van der Waals surface area contributed by atoms with Crippen LogP contribution in [0.5, 0.6) is 11.5 Å². The molecule has 3 amide bonds. The van der Waals surface area contributed by atoms with E-state index in [4.69, 9.17) is 9.47 Å². The molecule has 0 saturated carbocycles. The predicted octanol–water partition coefficient (Wildman–Crippen LogP) is 6.64. The number of amides is 3. The Morgan fingerprint density at radius 2 is 1.74 bits per heavy atom. The second kappa shape index (κ2) is 11.9. The summed E-state index contributed by atoms with van der Waals surface area (Å²) in [6.45, 7) is 5.79. The highest BCUT2D eigenvalue weighted by molar-refractivity contribution is 9.10. The van der Waals surface area contributed by atoms with Crippen LogP contribution >= 0.6 is 27.7 Å². The van der Waals surface area contributed by atoms with Gasteiger partial charge in [0.25, 0.3) is 11.1 Å².